The van der Waals surface area contributed by atoms with Gasteiger partial charge < -0.3 is 4.57 Å². The quantitative estimate of drug-likeness (QED) is 0.682. The summed E-state index contributed by atoms with van der Waals surface area (Å²) in [5.41, 5.74) is -0.384. The van der Waals surface area contributed by atoms with E-state index < -0.39 is 0 Å². The summed E-state index contributed by atoms with van der Waals surface area (Å²) >= 11 is 0. The lowest BCUT2D eigenvalue weighted by molar-refractivity contribution is -0.126. The monoisotopic (exact) mass is 194 g/mol. The Labute approximate surface area is 82.9 Å². The zero-order chi connectivity index (χ0) is 10.8. The van der Waals surface area contributed by atoms with Gasteiger partial charge in [-0.15, -0.1) is 0 Å². The van der Waals surface area contributed by atoms with Gasteiger partial charge in [0.25, 0.3) is 0 Å². The topological polar surface area (TPSA) is 52.0 Å². The van der Waals surface area contributed by atoms with Crippen molar-refractivity contribution in [3.8, 4) is 0 Å². The van der Waals surface area contributed by atoms with Gasteiger partial charge in [0.15, 0.2) is 17.9 Å². The van der Waals surface area contributed by atoms with E-state index in [1.54, 1.807) is 10.8 Å². The predicted octanol–water partition coefficient (Wildman–Crippen LogP) is 1.31. The lowest BCUT2D eigenvalue weighted by Crippen LogP contribution is -2.25. The molecule has 0 bridgehead atoms. The molecule has 4 nitrogen and oxygen atoms in total. The third kappa shape index (κ3) is 2.28. The SMILES string of the molecule is CC(C)(C)C(=O)Cn1ccnc1C=O. The van der Waals surface area contributed by atoms with Crippen LogP contribution in [0.3, 0.4) is 0 Å². The van der Waals surface area contributed by atoms with E-state index in [4.69, 9.17) is 0 Å². The molecule has 0 saturated heterocycles. The summed E-state index contributed by atoms with van der Waals surface area (Å²) in [7, 11) is 0. The van der Waals surface area contributed by atoms with Crippen molar-refractivity contribution in [2.45, 2.75) is 27.3 Å². The Morgan fingerprint density at radius 1 is 1.57 bits per heavy atom. The van der Waals surface area contributed by atoms with Crippen LogP contribution in [0.4, 0.5) is 0 Å². The predicted molar refractivity (Wildman–Crippen MR) is 52.1 cm³/mol. The van der Waals surface area contributed by atoms with Gasteiger partial charge in [-0.25, -0.2) is 4.98 Å². The number of aldehydes is 1. The number of Topliss-reactive ketones (excluding diaryl/α,β-unsaturated/α-hetero) is 1. The molecule has 0 aliphatic carbocycles. The van der Waals surface area contributed by atoms with Gasteiger partial charge in [-0.05, 0) is 0 Å². The molecular weight excluding hydrogens is 180 g/mol. The Hall–Kier alpha value is -1.45. The molecule has 0 fully saturated rings. The average molecular weight is 194 g/mol. The number of hydrogen-bond donors (Lipinski definition) is 0. The zero-order valence-electron chi connectivity index (χ0n) is 8.65. The van der Waals surface area contributed by atoms with Gasteiger partial charge in [-0.2, -0.15) is 0 Å². The summed E-state index contributed by atoms with van der Waals surface area (Å²) in [5.74, 6) is 0.376. The number of hydrogen-bond acceptors (Lipinski definition) is 3. The summed E-state index contributed by atoms with van der Waals surface area (Å²) < 4.78 is 1.56. The van der Waals surface area contributed by atoms with Gasteiger partial charge in [0, 0.05) is 17.8 Å². The van der Waals surface area contributed by atoms with Gasteiger partial charge in [-0.3, -0.25) is 9.59 Å². The normalized spacial score (nSPS) is 11.4. The molecule has 0 aromatic carbocycles. The van der Waals surface area contributed by atoms with Crippen LogP contribution in [0.5, 0.6) is 0 Å². The summed E-state index contributed by atoms with van der Waals surface area (Å²) in [6.45, 7) is 5.77. The van der Waals surface area contributed by atoms with Crippen LogP contribution in [0.25, 0.3) is 0 Å². The highest BCUT2D eigenvalue weighted by Gasteiger charge is 2.21. The molecule has 76 valence electrons. The number of nitrogens with zero attached hydrogens (tertiary/aromatic N) is 2. The molecule has 0 aliphatic rings. The zero-order valence-corrected chi connectivity index (χ0v) is 8.65. The third-order valence-electron chi connectivity index (χ3n) is 2.00. The van der Waals surface area contributed by atoms with Gasteiger partial charge in [0.05, 0.1) is 6.54 Å². The largest absolute Gasteiger partial charge is 0.321 e. The van der Waals surface area contributed by atoms with E-state index in [9.17, 15) is 9.59 Å². The van der Waals surface area contributed by atoms with Gasteiger partial charge in [0.1, 0.15) is 0 Å². The molecule has 4 heteroatoms. The number of imidazole rings is 1. The van der Waals surface area contributed by atoms with Crippen LogP contribution in [-0.2, 0) is 11.3 Å². The molecule has 0 atom stereocenters. The van der Waals surface area contributed by atoms with Crippen molar-refractivity contribution in [3.05, 3.63) is 18.2 Å². The van der Waals surface area contributed by atoms with E-state index >= 15 is 0 Å². The number of aromatic nitrogens is 2. The maximum Gasteiger partial charge on any atom is 0.185 e. The Balaban J connectivity index is 2.79. The number of ketones is 1. The summed E-state index contributed by atoms with van der Waals surface area (Å²) in [4.78, 5) is 26.0. The highest BCUT2D eigenvalue weighted by molar-refractivity contribution is 5.84. The van der Waals surface area contributed by atoms with E-state index in [2.05, 4.69) is 4.98 Å². The van der Waals surface area contributed by atoms with Crippen LogP contribution >= 0.6 is 0 Å². The van der Waals surface area contributed by atoms with Crippen molar-refractivity contribution >= 4 is 12.1 Å². The first kappa shape index (κ1) is 10.6. The fourth-order valence-electron chi connectivity index (χ4n) is 0.964. The van der Waals surface area contributed by atoms with E-state index in [1.165, 1.54) is 6.20 Å². The Bertz CT molecular complexity index is 347. The molecule has 0 radical (unpaired) electrons. The van der Waals surface area contributed by atoms with Crippen LogP contribution in [0.1, 0.15) is 31.4 Å². The van der Waals surface area contributed by atoms with Crippen LogP contribution in [-0.4, -0.2) is 21.6 Å². The van der Waals surface area contributed by atoms with Crippen molar-refractivity contribution < 1.29 is 9.59 Å². The number of rotatable bonds is 3. The van der Waals surface area contributed by atoms with Crippen molar-refractivity contribution in [3.63, 3.8) is 0 Å². The second-order valence-corrected chi connectivity index (χ2v) is 4.20. The highest BCUT2D eigenvalue weighted by Crippen LogP contribution is 2.15. The third-order valence-corrected chi connectivity index (χ3v) is 2.00. The van der Waals surface area contributed by atoms with Gasteiger partial charge >= 0.3 is 0 Å². The molecule has 1 heterocycles. The molecule has 1 aromatic rings. The Morgan fingerprint density at radius 2 is 2.21 bits per heavy atom. The van der Waals surface area contributed by atoms with Gasteiger partial charge in [0.2, 0.25) is 0 Å². The molecule has 0 amide bonds. The highest BCUT2D eigenvalue weighted by atomic mass is 16.1. The second kappa shape index (κ2) is 3.74. The maximum absolute atomic E-state index is 11.6. The minimum absolute atomic E-state index is 0.0820. The molecule has 0 spiro atoms. The second-order valence-electron chi connectivity index (χ2n) is 4.20. The minimum atomic E-state index is -0.384. The van der Waals surface area contributed by atoms with Crippen LogP contribution in [0, 0.1) is 5.41 Å². The fourth-order valence-corrected chi connectivity index (χ4v) is 0.964. The van der Waals surface area contributed by atoms with Gasteiger partial charge in [-0.1, -0.05) is 20.8 Å². The van der Waals surface area contributed by atoms with Crippen molar-refractivity contribution in [2.75, 3.05) is 0 Å². The first-order chi connectivity index (χ1) is 6.45. The molecule has 0 aliphatic heterocycles. The standard InChI is InChI=1S/C10H14N2O2/c1-10(2,3)8(14)6-12-5-4-11-9(12)7-13/h4-5,7H,6H2,1-3H3. The van der Waals surface area contributed by atoms with E-state index in [1.807, 2.05) is 20.8 Å². The molecular formula is C10H14N2O2. The lowest BCUT2D eigenvalue weighted by atomic mass is 9.91. The number of carbonyl (C=O) groups excluding carboxylic acids is 2. The van der Waals surface area contributed by atoms with Crippen LogP contribution < -0.4 is 0 Å². The molecule has 1 rings (SSSR count). The minimum Gasteiger partial charge on any atom is -0.321 e. The van der Waals surface area contributed by atoms with E-state index in [-0.39, 0.29) is 17.7 Å². The molecule has 0 saturated carbocycles. The van der Waals surface area contributed by atoms with E-state index in [0.29, 0.717) is 12.1 Å². The molecule has 0 N–H and O–H groups in total. The Morgan fingerprint density at radius 3 is 2.71 bits per heavy atom. The summed E-state index contributed by atoms with van der Waals surface area (Å²) in [5, 5.41) is 0. The molecule has 14 heavy (non-hydrogen) atoms. The maximum atomic E-state index is 11.6. The van der Waals surface area contributed by atoms with Crippen molar-refractivity contribution in [2.24, 2.45) is 5.41 Å². The molecule has 0 unspecified atom stereocenters. The van der Waals surface area contributed by atoms with Crippen molar-refractivity contribution in [1.29, 1.82) is 0 Å². The van der Waals surface area contributed by atoms with Crippen LogP contribution in [0.15, 0.2) is 12.4 Å². The fraction of sp³-hybridized carbons (Fsp3) is 0.500. The Kier molecular flexibility index (Phi) is 2.84. The number of carbonyl (C=O) groups is 2. The molecule has 1 aromatic heterocycles. The van der Waals surface area contributed by atoms with Crippen molar-refractivity contribution in [1.82, 2.24) is 9.55 Å². The van der Waals surface area contributed by atoms with E-state index in [0.717, 1.165) is 0 Å². The summed E-state index contributed by atoms with van der Waals surface area (Å²) in [6.07, 6.45) is 3.79. The lowest BCUT2D eigenvalue weighted by Gasteiger charge is -2.16. The first-order valence-corrected chi connectivity index (χ1v) is 4.45. The average Bonchev–Trinajstić information content (AvgIpc) is 2.50. The van der Waals surface area contributed by atoms with Crippen LogP contribution in [0.2, 0.25) is 0 Å². The smallest absolute Gasteiger partial charge is 0.185 e. The summed E-state index contributed by atoms with van der Waals surface area (Å²) in [6, 6.07) is 0. The first-order valence-electron chi connectivity index (χ1n) is 4.45.